The number of amides is 3. The molecular weight excluding hydrogens is 462 g/mol. The van der Waals surface area contributed by atoms with Crippen LogP contribution in [0.4, 0.5) is 10.5 Å². The van der Waals surface area contributed by atoms with E-state index in [-0.39, 0.29) is 24.3 Å². The third-order valence-electron chi connectivity index (χ3n) is 6.84. The summed E-state index contributed by atoms with van der Waals surface area (Å²) in [6, 6.07) is 14.4. The summed E-state index contributed by atoms with van der Waals surface area (Å²) in [7, 11) is 3.20. The molecule has 9 heteroatoms. The Bertz CT molecular complexity index is 1060. The van der Waals surface area contributed by atoms with Gasteiger partial charge < -0.3 is 28.9 Å². The van der Waals surface area contributed by atoms with Crippen LogP contribution in [-0.4, -0.2) is 74.7 Å². The molecular formula is C27H33N3O6. The number of hydrogen-bond acceptors (Lipinski definition) is 6. The number of hydrogen-bond donors (Lipinski definition) is 0. The predicted octanol–water partition coefficient (Wildman–Crippen LogP) is 3.49. The zero-order chi connectivity index (χ0) is 25.7. The highest BCUT2D eigenvalue weighted by Crippen LogP contribution is 2.41. The van der Waals surface area contributed by atoms with Crippen molar-refractivity contribution in [1.29, 1.82) is 0 Å². The van der Waals surface area contributed by atoms with Crippen LogP contribution in [-0.2, 0) is 14.3 Å². The third-order valence-corrected chi connectivity index (χ3v) is 6.84. The smallest absolute Gasteiger partial charge is 0.409 e. The molecule has 0 saturated carbocycles. The molecule has 0 bridgehead atoms. The summed E-state index contributed by atoms with van der Waals surface area (Å²) in [6.45, 7) is 3.80. The molecule has 9 nitrogen and oxygen atoms in total. The van der Waals surface area contributed by atoms with Gasteiger partial charge in [-0.25, -0.2) is 4.79 Å². The highest BCUT2D eigenvalue weighted by molar-refractivity contribution is 5.97. The van der Waals surface area contributed by atoms with E-state index in [1.54, 1.807) is 35.8 Å². The SMILES string of the molecule is CCOC(=O)N1CCN(C(=O)[C@@H]2CCC(=O)N(c3ccc(OC)cc3)[C@@H]2c2ccc(OC)cc2)CC1. The summed E-state index contributed by atoms with van der Waals surface area (Å²) < 4.78 is 15.7. The molecule has 2 heterocycles. The minimum atomic E-state index is -0.471. The Hall–Kier alpha value is -3.75. The lowest BCUT2D eigenvalue weighted by atomic mass is 9.82. The first kappa shape index (κ1) is 25.3. The predicted molar refractivity (Wildman–Crippen MR) is 134 cm³/mol. The van der Waals surface area contributed by atoms with Crippen molar-refractivity contribution in [3.8, 4) is 11.5 Å². The maximum atomic E-state index is 13.9. The summed E-state index contributed by atoms with van der Waals surface area (Å²) in [6.07, 6.45) is 0.381. The molecule has 2 aliphatic heterocycles. The zero-order valence-electron chi connectivity index (χ0n) is 21.0. The summed E-state index contributed by atoms with van der Waals surface area (Å²) >= 11 is 0. The van der Waals surface area contributed by atoms with Crippen molar-refractivity contribution >= 4 is 23.6 Å². The first-order chi connectivity index (χ1) is 17.5. The Balaban J connectivity index is 1.63. The van der Waals surface area contributed by atoms with Crippen LogP contribution in [0.5, 0.6) is 11.5 Å². The van der Waals surface area contributed by atoms with Gasteiger partial charge in [-0.05, 0) is 55.3 Å². The molecule has 0 unspecified atom stereocenters. The maximum absolute atomic E-state index is 13.9. The van der Waals surface area contributed by atoms with Gasteiger partial charge in [0.05, 0.1) is 32.8 Å². The molecule has 2 aromatic rings. The Kier molecular flexibility index (Phi) is 7.97. The van der Waals surface area contributed by atoms with Crippen LogP contribution in [0, 0.1) is 5.92 Å². The number of carbonyl (C=O) groups is 3. The molecule has 0 N–H and O–H groups in total. The molecule has 0 aliphatic carbocycles. The van der Waals surface area contributed by atoms with Crippen molar-refractivity contribution in [2.75, 3.05) is 51.9 Å². The largest absolute Gasteiger partial charge is 0.497 e. The first-order valence-corrected chi connectivity index (χ1v) is 12.3. The summed E-state index contributed by atoms with van der Waals surface area (Å²) in [5, 5.41) is 0. The minimum Gasteiger partial charge on any atom is -0.497 e. The fourth-order valence-electron chi connectivity index (χ4n) is 4.94. The Morgan fingerprint density at radius 1 is 0.861 bits per heavy atom. The van der Waals surface area contributed by atoms with Crippen LogP contribution in [0.2, 0.25) is 0 Å². The van der Waals surface area contributed by atoms with Gasteiger partial charge in [0.15, 0.2) is 0 Å². The summed E-state index contributed by atoms with van der Waals surface area (Å²) in [5.74, 6) is 0.931. The van der Waals surface area contributed by atoms with E-state index < -0.39 is 12.0 Å². The fourth-order valence-corrected chi connectivity index (χ4v) is 4.94. The van der Waals surface area contributed by atoms with Gasteiger partial charge in [0.2, 0.25) is 11.8 Å². The van der Waals surface area contributed by atoms with Crippen molar-refractivity contribution in [1.82, 2.24) is 9.80 Å². The van der Waals surface area contributed by atoms with E-state index in [0.717, 1.165) is 5.56 Å². The first-order valence-electron chi connectivity index (χ1n) is 12.3. The highest BCUT2D eigenvalue weighted by atomic mass is 16.6. The van der Waals surface area contributed by atoms with Gasteiger partial charge in [-0.15, -0.1) is 0 Å². The topological polar surface area (TPSA) is 88.6 Å². The van der Waals surface area contributed by atoms with Crippen LogP contribution in [0.3, 0.4) is 0 Å². The normalized spacial score (nSPS) is 20.2. The molecule has 2 atom stereocenters. The van der Waals surface area contributed by atoms with E-state index in [1.165, 1.54) is 0 Å². The number of methoxy groups -OCH3 is 2. The number of rotatable bonds is 6. The van der Waals surface area contributed by atoms with Crippen molar-refractivity contribution in [3.05, 3.63) is 54.1 Å². The molecule has 2 aromatic carbocycles. The van der Waals surface area contributed by atoms with Crippen molar-refractivity contribution in [2.45, 2.75) is 25.8 Å². The van der Waals surface area contributed by atoms with Crippen LogP contribution in [0.25, 0.3) is 0 Å². The molecule has 2 fully saturated rings. The van der Waals surface area contributed by atoms with E-state index in [2.05, 4.69) is 0 Å². The molecule has 36 heavy (non-hydrogen) atoms. The lowest BCUT2D eigenvalue weighted by Crippen LogP contribution is -2.55. The van der Waals surface area contributed by atoms with E-state index in [0.29, 0.717) is 56.4 Å². The number of ether oxygens (including phenoxy) is 3. The van der Waals surface area contributed by atoms with Crippen molar-refractivity contribution in [3.63, 3.8) is 0 Å². The second-order valence-corrected chi connectivity index (χ2v) is 8.84. The molecule has 0 aromatic heterocycles. The van der Waals surface area contributed by atoms with Crippen LogP contribution >= 0.6 is 0 Å². The molecule has 0 radical (unpaired) electrons. The lowest BCUT2D eigenvalue weighted by molar-refractivity contribution is -0.140. The molecule has 2 saturated heterocycles. The minimum absolute atomic E-state index is 0.00895. The molecule has 0 spiro atoms. The molecule has 3 amide bonds. The number of anilines is 1. The van der Waals surface area contributed by atoms with Gasteiger partial charge >= 0.3 is 6.09 Å². The van der Waals surface area contributed by atoms with E-state index in [4.69, 9.17) is 14.2 Å². The number of piperazine rings is 1. The van der Waals surface area contributed by atoms with Crippen LogP contribution in [0.15, 0.2) is 48.5 Å². The molecule has 192 valence electrons. The third kappa shape index (κ3) is 5.24. The Morgan fingerprint density at radius 3 is 1.97 bits per heavy atom. The van der Waals surface area contributed by atoms with Gasteiger partial charge in [-0.2, -0.15) is 0 Å². The quantitative estimate of drug-likeness (QED) is 0.610. The average Bonchev–Trinajstić information content (AvgIpc) is 2.93. The second-order valence-electron chi connectivity index (χ2n) is 8.84. The number of piperidine rings is 1. The lowest BCUT2D eigenvalue weighted by Gasteiger charge is -2.43. The van der Waals surface area contributed by atoms with E-state index >= 15 is 0 Å². The van der Waals surface area contributed by atoms with Gasteiger partial charge in [-0.1, -0.05) is 12.1 Å². The van der Waals surface area contributed by atoms with Crippen LogP contribution < -0.4 is 14.4 Å². The van der Waals surface area contributed by atoms with Gasteiger partial charge in [0.25, 0.3) is 0 Å². The monoisotopic (exact) mass is 495 g/mol. The standard InChI is InChI=1S/C27H33N3O6/c1-4-36-27(33)29-17-15-28(16-18-29)26(32)23-13-14-24(31)30(20-7-11-22(35-3)12-8-20)25(23)19-5-9-21(34-2)10-6-19/h5-12,23,25H,4,13-18H2,1-3H3/t23-,25-/m1/s1. The second kappa shape index (κ2) is 11.3. The van der Waals surface area contributed by atoms with Crippen LogP contribution in [0.1, 0.15) is 31.4 Å². The summed E-state index contributed by atoms with van der Waals surface area (Å²) in [4.78, 5) is 44.4. The van der Waals surface area contributed by atoms with Gasteiger partial charge in [0.1, 0.15) is 11.5 Å². The summed E-state index contributed by atoms with van der Waals surface area (Å²) in [5.41, 5.74) is 1.58. The van der Waals surface area contributed by atoms with Gasteiger partial charge in [0, 0.05) is 38.3 Å². The fraction of sp³-hybridized carbons (Fsp3) is 0.444. The van der Waals surface area contributed by atoms with E-state index in [9.17, 15) is 14.4 Å². The Morgan fingerprint density at radius 2 is 1.42 bits per heavy atom. The highest BCUT2D eigenvalue weighted by Gasteiger charge is 2.43. The zero-order valence-corrected chi connectivity index (χ0v) is 21.0. The number of benzene rings is 2. The average molecular weight is 496 g/mol. The Labute approximate surface area is 211 Å². The van der Waals surface area contributed by atoms with Gasteiger partial charge in [-0.3, -0.25) is 9.59 Å². The van der Waals surface area contributed by atoms with E-state index in [1.807, 2.05) is 48.5 Å². The number of nitrogens with zero attached hydrogens (tertiary/aromatic N) is 3. The van der Waals surface area contributed by atoms with Crippen molar-refractivity contribution in [2.24, 2.45) is 5.92 Å². The molecule has 4 rings (SSSR count). The molecule has 2 aliphatic rings. The maximum Gasteiger partial charge on any atom is 0.409 e. The van der Waals surface area contributed by atoms with Crippen molar-refractivity contribution < 1.29 is 28.6 Å². The number of carbonyl (C=O) groups excluding carboxylic acids is 3.